The van der Waals surface area contributed by atoms with Crippen molar-refractivity contribution in [2.75, 3.05) is 61.9 Å². The second-order valence-corrected chi connectivity index (χ2v) is 16.5. The molecule has 1 atom stereocenters. The summed E-state index contributed by atoms with van der Waals surface area (Å²) in [6, 6.07) is 15.5. The second-order valence-electron chi connectivity index (χ2n) is 16.5. The van der Waals surface area contributed by atoms with E-state index in [-0.39, 0.29) is 30.2 Å². The molecular formula is C44H56N10O5. The summed E-state index contributed by atoms with van der Waals surface area (Å²) in [5, 5.41) is 17.3. The van der Waals surface area contributed by atoms with Gasteiger partial charge in [-0.25, -0.2) is 9.78 Å². The van der Waals surface area contributed by atoms with Crippen LogP contribution in [0.2, 0.25) is 0 Å². The van der Waals surface area contributed by atoms with Gasteiger partial charge >= 0.3 is 6.03 Å². The van der Waals surface area contributed by atoms with Gasteiger partial charge in [-0.3, -0.25) is 24.6 Å². The summed E-state index contributed by atoms with van der Waals surface area (Å²) in [4.78, 5) is 61.3. The first-order chi connectivity index (χ1) is 28.7. The fourth-order valence-corrected chi connectivity index (χ4v) is 8.63. The van der Waals surface area contributed by atoms with Crippen molar-refractivity contribution in [3.63, 3.8) is 0 Å². The van der Waals surface area contributed by atoms with Gasteiger partial charge in [0.25, 0.3) is 5.91 Å². The number of imide groups is 1. The molecule has 5 amide bonds. The van der Waals surface area contributed by atoms with Crippen molar-refractivity contribution in [2.45, 2.75) is 96.3 Å². The predicted molar refractivity (Wildman–Crippen MR) is 225 cm³/mol. The van der Waals surface area contributed by atoms with Crippen molar-refractivity contribution in [3.05, 3.63) is 82.5 Å². The zero-order valence-corrected chi connectivity index (χ0v) is 34.2. The average molecular weight is 805 g/mol. The number of carbonyl (C=O) groups excluding carboxylic acids is 4. The number of nitrogens with zero attached hydrogens (tertiary/aromatic N) is 6. The molecule has 6 heterocycles. The number of urea groups is 1. The molecule has 4 N–H and O–H groups in total. The van der Waals surface area contributed by atoms with E-state index in [0.29, 0.717) is 50.1 Å². The van der Waals surface area contributed by atoms with E-state index in [1.807, 2.05) is 58.1 Å². The molecule has 4 aliphatic rings. The van der Waals surface area contributed by atoms with E-state index in [4.69, 9.17) is 9.72 Å². The minimum absolute atomic E-state index is 0.0797. The molecular weight excluding hydrogens is 749 g/mol. The molecule has 2 aromatic carbocycles. The highest BCUT2D eigenvalue weighted by atomic mass is 16.5. The lowest BCUT2D eigenvalue weighted by Crippen LogP contribution is -2.52. The van der Waals surface area contributed by atoms with E-state index in [1.165, 1.54) is 0 Å². The van der Waals surface area contributed by atoms with E-state index in [9.17, 15) is 19.2 Å². The molecule has 4 aromatic rings. The monoisotopic (exact) mass is 804 g/mol. The maximum Gasteiger partial charge on any atom is 0.321 e. The van der Waals surface area contributed by atoms with Crippen molar-refractivity contribution in [2.24, 2.45) is 0 Å². The van der Waals surface area contributed by atoms with E-state index < -0.39 is 6.04 Å². The third-order valence-electron chi connectivity index (χ3n) is 12.1. The summed E-state index contributed by atoms with van der Waals surface area (Å²) < 4.78 is 7.42. The molecule has 0 saturated carbocycles. The van der Waals surface area contributed by atoms with Gasteiger partial charge in [0, 0.05) is 87.8 Å². The quantitative estimate of drug-likeness (QED) is 0.0961. The van der Waals surface area contributed by atoms with Crippen molar-refractivity contribution >= 4 is 46.7 Å². The number of aromatic nitrogens is 3. The Morgan fingerprint density at radius 2 is 1.76 bits per heavy atom. The number of hydrogen-bond acceptors (Lipinski definition) is 10. The van der Waals surface area contributed by atoms with Gasteiger partial charge in [0.15, 0.2) is 5.65 Å². The van der Waals surface area contributed by atoms with Crippen molar-refractivity contribution in [1.29, 1.82) is 0 Å². The number of piperazine rings is 1. The van der Waals surface area contributed by atoms with Crippen LogP contribution in [0, 0.1) is 0 Å². The maximum atomic E-state index is 13.2. The number of hydrogen-bond donors (Lipinski definition) is 4. The summed E-state index contributed by atoms with van der Waals surface area (Å²) in [6.45, 7) is 10.8. The molecule has 0 bridgehead atoms. The van der Waals surface area contributed by atoms with Crippen LogP contribution in [0.4, 0.5) is 22.1 Å². The van der Waals surface area contributed by atoms with E-state index in [0.717, 1.165) is 117 Å². The highest BCUT2D eigenvalue weighted by molar-refractivity contribution is 6.05. The van der Waals surface area contributed by atoms with Gasteiger partial charge in [-0.15, -0.1) is 0 Å². The number of amides is 5. The molecule has 1 unspecified atom stereocenters. The maximum absolute atomic E-state index is 13.2. The van der Waals surface area contributed by atoms with Crippen LogP contribution in [-0.2, 0) is 33.8 Å². The van der Waals surface area contributed by atoms with Crippen molar-refractivity contribution in [3.8, 4) is 0 Å². The van der Waals surface area contributed by atoms with Crippen LogP contribution in [0.1, 0.15) is 97.3 Å². The lowest BCUT2D eigenvalue weighted by atomic mass is 9.98. The Kier molecular flexibility index (Phi) is 12.4. The van der Waals surface area contributed by atoms with Gasteiger partial charge in [-0.05, 0) is 85.9 Å². The van der Waals surface area contributed by atoms with Gasteiger partial charge in [-0.1, -0.05) is 44.5 Å². The third kappa shape index (κ3) is 9.36. The van der Waals surface area contributed by atoms with Crippen LogP contribution < -0.4 is 21.3 Å². The Hall–Kier alpha value is -5.54. The zero-order valence-electron chi connectivity index (χ0n) is 34.2. The molecule has 2 aromatic heterocycles. The predicted octanol–water partition coefficient (Wildman–Crippen LogP) is 5.38. The largest absolute Gasteiger partial charge is 0.381 e. The third-order valence-corrected chi connectivity index (χ3v) is 12.1. The molecule has 312 valence electrons. The van der Waals surface area contributed by atoms with E-state index in [1.54, 1.807) is 4.90 Å². The molecule has 0 aliphatic carbocycles. The smallest absolute Gasteiger partial charge is 0.321 e. The Morgan fingerprint density at radius 3 is 2.53 bits per heavy atom. The van der Waals surface area contributed by atoms with E-state index >= 15 is 0 Å². The molecule has 15 heteroatoms. The van der Waals surface area contributed by atoms with Crippen LogP contribution in [0.25, 0.3) is 5.65 Å². The van der Waals surface area contributed by atoms with Gasteiger partial charge in [-0.2, -0.15) is 9.61 Å². The minimum Gasteiger partial charge on any atom is -0.381 e. The van der Waals surface area contributed by atoms with Crippen molar-refractivity contribution < 1.29 is 23.9 Å². The SMILES string of the molecule is CC(C)c1cnn2c(NCc3ccc(NC(=O)N4CCN(CCCCCc5cccc6c5CN(C5CCC(=O)NC5=O)C6=O)CC4)cc3)cc(NC3CCOCC3)nc12. The molecule has 15 nitrogen and oxygen atoms in total. The number of carbonyl (C=O) groups is 4. The highest BCUT2D eigenvalue weighted by Gasteiger charge is 2.39. The van der Waals surface area contributed by atoms with Gasteiger partial charge < -0.3 is 30.5 Å². The lowest BCUT2D eigenvalue weighted by Gasteiger charge is -2.34. The second kappa shape index (κ2) is 18.2. The number of nitrogens with one attached hydrogen (secondary N) is 4. The fraction of sp³-hybridized carbons (Fsp3) is 0.500. The van der Waals surface area contributed by atoms with Crippen LogP contribution in [-0.4, -0.2) is 111 Å². The Morgan fingerprint density at radius 1 is 0.966 bits per heavy atom. The van der Waals surface area contributed by atoms with Gasteiger partial charge in [0.05, 0.1) is 6.20 Å². The molecule has 0 spiro atoms. The number of piperidine rings is 1. The number of ether oxygens (including phenoxy) is 1. The topological polar surface area (TPSA) is 166 Å². The molecule has 8 rings (SSSR count). The Balaban J connectivity index is 0.758. The zero-order chi connectivity index (χ0) is 40.9. The molecule has 3 saturated heterocycles. The lowest BCUT2D eigenvalue weighted by molar-refractivity contribution is -0.136. The number of anilines is 3. The molecule has 59 heavy (non-hydrogen) atoms. The number of rotatable bonds is 14. The molecule has 4 aliphatic heterocycles. The summed E-state index contributed by atoms with van der Waals surface area (Å²) >= 11 is 0. The summed E-state index contributed by atoms with van der Waals surface area (Å²) in [6.07, 6.45) is 8.43. The number of aryl methyl sites for hydroxylation is 1. The summed E-state index contributed by atoms with van der Waals surface area (Å²) in [5.41, 5.74) is 6.64. The van der Waals surface area contributed by atoms with Crippen LogP contribution >= 0.6 is 0 Å². The Labute approximate surface area is 345 Å². The standard InChI is InChI=1S/C44H56N10O5/c1-29(2)35-27-46-54-39(25-38(49-41(35)54)47-33-16-23-59-24-17-33)45-26-30-10-12-32(13-11-30)48-44(58)52-21-19-51(20-22-52)18-5-3-4-7-31-8-6-9-34-36(31)28-53(43(34)57)37-14-15-40(55)50-42(37)56/h6,8-13,25,27,29,33,37,45H,3-5,7,14-24,26,28H2,1-2H3,(H,47,49)(H,48,58)(H,50,55,56). The number of fused-ring (bicyclic) bond motifs is 2. The van der Waals surface area contributed by atoms with Crippen LogP contribution in [0.15, 0.2) is 54.7 Å². The summed E-state index contributed by atoms with van der Waals surface area (Å²) in [7, 11) is 0. The first-order valence-electron chi connectivity index (χ1n) is 21.3. The Bertz CT molecular complexity index is 2160. The fourth-order valence-electron chi connectivity index (χ4n) is 8.63. The summed E-state index contributed by atoms with van der Waals surface area (Å²) in [5.74, 6) is 1.20. The number of benzene rings is 2. The van der Waals surface area contributed by atoms with Gasteiger partial charge in [0.1, 0.15) is 17.7 Å². The first-order valence-corrected chi connectivity index (χ1v) is 21.3. The first kappa shape index (κ1) is 40.2. The van der Waals surface area contributed by atoms with Gasteiger partial charge in [0.2, 0.25) is 11.8 Å². The average Bonchev–Trinajstić information content (AvgIpc) is 3.82. The van der Waals surface area contributed by atoms with E-state index in [2.05, 4.69) is 51.2 Å². The highest BCUT2D eigenvalue weighted by Crippen LogP contribution is 2.31. The number of unbranched alkanes of at least 4 members (excludes halogenated alkanes) is 2. The van der Waals surface area contributed by atoms with Crippen LogP contribution in [0.3, 0.4) is 0 Å². The minimum atomic E-state index is -0.598. The normalized spacial score (nSPS) is 19.0. The molecule has 0 radical (unpaired) electrons. The van der Waals surface area contributed by atoms with Crippen molar-refractivity contribution in [1.82, 2.24) is 34.6 Å². The molecule has 3 fully saturated rings. The van der Waals surface area contributed by atoms with Crippen LogP contribution in [0.5, 0.6) is 0 Å².